The largest absolute Gasteiger partial charge is 0.461 e. The normalized spacial score (nSPS) is 23.8. The smallest absolute Gasteiger partial charge is 0.343 e. The minimum absolute atomic E-state index is 0.166. The maximum Gasteiger partial charge on any atom is 0.343 e. The fourth-order valence-electron chi connectivity index (χ4n) is 6.22. The summed E-state index contributed by atoms with van der Waals surface area (Å²) in [7, 11) is 0. The van der Waals surface area contributed by atoms with E-state index >= 15 is 0 Å². The van der Waals surface area contributed by atoms with Crippen molar-refractivity contribution in [1.29, 1.82) is 0 Å². The summed E-state index contributed by atoms with van der Waals surface area (Å²) in [6.45, 7) is 9.66. The van der Waals surface area contributed by atoms with Crippen molar-refractivity contribution in [2.75, 3.05) is 26.2 Å². The number of rotatable bonds is 4. The summed E-state index contributed by atoms with van der Waals surface area (Å²) in [6.07, 6.45) is 8.92. The van der Waals surface area contributed by atoms with Gasteiger partial charge in [0, 0.05) is 30.1 Å². The number of hydrogen-bond acceptors (Lipinski definition) is 4. The summed E-state index contributed by atoms with van der Waals surface area (Å²) in [5, 5.41) is 0.717. The lowest BCUT2D eigenvalue weighted by Gasteiger charge is -2.29. The lowest BCUT2D eigenvalue weighted by atomic mass is 9.80. The maximum atomic E-state index is 13.4. The first kappa shape index (κ1) is 20.7. The minimum atomic E-state index is -0.471. The number of aromatic nitrogens is 1. The zero-order chi connectivity index (χ0) is 21.7. The Balaban J connectivity index is 1.44. The lowest BCUT2D eigenvalue weighted by Crippen LogP contribution is -2.36. The topological polar surface area (TPSA) is 51.5 Å². The van der Waals surface area contributed by atoms with Crippen molar-refractivity contribution < 1.29 is 9.53 Å². The van der Waals surface area contributed by atoms with Crippen molar-refractivity contribution in [2.24, 2.45) is 5.92 Å². The molecule has 0 spiro atoms. The Morgan fingerprint density at radius 1 is 1.10 bits per heavy atom. The third-order valence-corrected chi connectivity index (χ3v) is 7.94. The number of benzene rings is 1. The SMILES string of the molecule is Cc1cc(C)c2c(=O)c(C(=O)OCCN3CCC(C)CC3)cn3c2c1C1CCCCC13. The van der Waals surface area contributed by atoms with Gasteiger partial charge in [-0.15, -0.1) is 0 Å². The number of nitrogens with zero attached hydrogens (tertiary/aromatic N) is 2. The molecule has 2 atom stereocenters. The van der Waals surface area contributed by atoms with Gasteiger partial charge in [0.1, 0.15) is 12.2 Å². The average Bonchev–Trinajstić information content (AvgIpc) is 3.08. The number of carbonyl (C=O) groups excluding carboxylic acids is 1. The molecule has 1 saturated heterocycles. The quantitative estimate of drug-likeness (QED) is 0.669. The first-order valence-corrected chi connectivity index (χ1v) is 12.0. The predicted molar refractivity (Wildman–Crippen MR) is 123 cm³/mol. The van der Waals surface area contributed by atoms with Crippen LogP contribution in [0.2, 0.25) is 0 Å². The van der Waals surface area contributed by atoms with Gasteiger partial charge in [-0.05, 0) is 75.2 Å². The van der Waals surface area contributed by atoms with Crippen LogP contribution in [0, 0.1) is 19.8 Å². The van der Waals surface area contributed by atoms with E-state index in [0.717, 1.165) is 54.9 Å². The Morgan fingerprint density at radius 3 is 2.61 bits per heavy atom. The molecule has 5 heteroatoms. The first-order valence-electron chi connectivity index (χ1n) is 12.0. The van der Waals surface area contributed by atoms with Crippen molar-refractivity contribution in [2.45, 2.75) is 71.3 Å². The van der Waals surface area contributed by atoms with Crippen LogP contribution in [-0.4, -0.2) is 41.7 Å². The molecule has 5 rings (SSSR count). The van der Waals surface area contributed by atoms with Gasteiger partial charge in [0.25, 0.3) is 0 Å². The maximum absolute atomic E-state index is 13.4. The highest BCUT2D eigenvalue weighted by atomic mass is 16.5. The van der Waals surface area contributed by atoms with Gasteiger partial charge in [-0.3, -0.25) is 9.69 Å². The van der Waals surface area contributed by atoms with Crippen LogP contribution in [0.15, 0.2) is 17.1 Å². The molecule has 0 bridgehead atoms. The van der Waals surface area contributed by atoms with Gasteiger partial charge in [0.15, 0.2) is 0 Å². The molecular formula is C26H34N2O3. The Labute approximate surface area is 184 Å². The van der Waals surface area contributed by atoms with E-state index in [0.29, 0.717) is 18.6 Å². The van der Waals surface area contributed by atoms with Gasteiger partial charge in [-0.1, -0.05) is 25.8 Å². The Hall–Kier alpha value is -2.14. The summed E-state index contributed by atoms with van der Waals surface area (Å²) < 4.78 is 7.86. The van der Waals surface area contributed by atoms with Crippen molar-refractivity contribution in [3.63, 3.8) is 0 Å². The fourth-order valence-corrected chi connectivity index (χ4v) is 6.22. The van der Waals surface area contributed by atoms with Crippen LogP contribution in [0.5, 0.6) is 0 Å². The van der Waals surface area contributed by atoms with E-state index in [1.165, 1.54) is 36.8 Å². The predicted octanol–water partition coefficient (Wildman–Crippen LogP) is 4.72. The zero-order valence-electron chi connectivity index (χ0n) is 19.1. The molecule has 3 heterocycles. The van der Waals surface area contributed by atoms with Gasteiger partial charge in [0.05, 0.1) is 5.52 Å². The summed E-state index contributed by atoms with van der Waals surface area (Å²) >= 11 is 0. The highest BCUT2D eigenvalue weighted by Gasteiger charge is 2.38. The van der Waals surface area contributed by atoms with Crippen LogP contribution in [0.4, 0.5) is 0 Å². The molecule has 2 fully saturated rings. The van der Waals surface area contributed by atoms with E-state index in [9.17, 15) is 9.59 Å². The van der Waals surface area contributed by atoms with Crippen LogP contribution in [0.1, 0.15) is 84.5 Å². The molecule has 1 aliphatic carbocycles. The molecular weight excluding hydrogens is 388 g/mol. The van der Waals surface area contributed by atoms with Crippen molar-refractivity contribution >= 4 is 16.9 Å². The molecule has 2 unspecified atom stereocenters. The molecule has 0 amide bonds. The third kappa shape index (κ3) is 3.51. The van der Waals surface area contributed by atoms with E-state index in [1.807, 2.05) is 13.1 Å². The first-order chi connectivity index (χ1) is 15.0. The second-order valence-electron chi connectivity index (χ2n) is 10.0. The van der Waals surface area contributed by atoms with Crippen molar-refractivity contribution in [3.05, 3.63) is 44.7 Å². The molecule has 5 nitrogen and oxygen atoms in total. The zero-order valence-corrected chi connectivity index (χ0v) is 19.1. The number of fused-ring (bicyclic) bond motifs is 3. The summed E-state index contributed by atoms with van der Waals surface area (Å²) in [4.78, 5) is 28.7. The number of hydrogen-bond donors (Lipinski definition) is 0. The number of ether oxygens (including phenoxy) is 1. The fraction of sp³-hybridized carbons (Fsp3) is 0.615. The average molecular weight is 423 g/mol. The van der Waals surface area contributed by atoms with E-state index < -0.39 is 5.97 Å². The van der Waals surface area contributed by atoms with Crippen LogP contribution >= 0.6 is 0 Å². The number of pyridine rings is 1. The van der Waals surface area contributed by atoms with Crippen LogP contribution in [0.3, 0.4) is 0 Å². The molecule has 3 aliphatic rings. The molecule has 2 aliphatic heterocycles. The Kier molecular flexibility index (Phi) is 5.41. The second kappa shape index (κ2) is 8.09. The monoisotopic (exact) mass is 422 g/mol. The molecule has 1 saturated carbocycles. The number of likely N-dealkylation sites (tertiary alicyclic amines) is 1. The molecule has 31 heavy (non-hydrogen) atoms. The number of piperidine rings is 1. The van der Waals surface area contributed by atoms with Crippen LogP contribution in [-0.2, 0) is 4.74 Å². The molecule has 2 aromatic rings. The Morgan fingerprint density at radius 2 is 1.84 bits per heavy atom. The van der Waals surface area contributed by atoms with Crippen molar-refractivity contribution in [3.8, 4) is 0 Å². The van der Waals surface area contributed by atoms with E-state index in [2.05, 4.69) is 29.4 Å². The Bertz CT molecular complexity index is 1080. The van der Waals surface area contributed by atoms with Gasteiger partial charge in [-0.25, -0.2) is 4.79 Å². The summed E-state index contributed by atoms with van der Waals surface area (Å²) in [5.41, 5.74) is 4.67. The van der Waals surface area contributed by atoms with Gasteiger partial charge >= 0.3 is 5.97 Å². The van der Waals surface area contributed by atoms with Gasteiger partial charge in [-0.2, -0.15) is 0 Å². The van der Waals surface area contributed by atoms with E-state index in [4.69, 9.17) is 4.74 Å². The molecule has 1 aromatic heterocycles. The van der Waals surface area contributed by atoms with Crippen LogP contribution < -0.4 is 5.43 Å². The third-order valence-electron chi connectivity index (χ3n) is 7.94. The van der Waals surface area contributed by atoms with E-state index in [-0.39, 0.29) is 11.0 Å². The van der Waals surface area contributed by atoms with Gasteiger partial charge in [0.2, 0.25) is 5.43 Å². The minimum Gasteiger partial charge on any atom is -0.461 e. The molecule has 166 valence electrons. The van der Waals surface area contributed by atoms with E-state index in [1.54, 1.807) is 0 Å². The second-order valence-corrected chi connectivity index (χ2v) is 10.0. The number of esters is 1. The highest BCUT2D eigenvalue weighted by Crippen LogP contribution is 2.50. The standard InChI is InChI=1S/C26H34N2O3/c1-16-8-10-27(11-9-16)12-13-31-26(30)20-15-28-21-7-5-4-6-19(21)22-17(2)14-18(3)23(24(22)28)25(20)29/h14-16,19,21H,4-13H2,1-3H3. The summed E-state index contributed by atoms with van der Waals surface area (Å²) in [5.74, 6) is 0.774. The molecule has 0 N–H and O–H groups in total. The van der Waals surface area contributed by atoms with Crippen molar-refractivity contribution in [1.82, 2.24) is 9.47 Å². The van der Waals surface area contributed by atoms with Gasteiger partial charge < -0.3 is 9.30 Å². The highest BCUT2D eigenvalue weighted by molar-refractivity contribution is 5.97. The summed E-state index contributed by atoms with van der Waals surface area (Å²) in [6, 6.07) is 2.49. The number of aryl methyl sites for hydroxylation is 2. The molecule has 1 aromatic carbocycles. The lowest BCUT2D eigenvalue weighted by molar-refractivity contribution is 0.0440. The van der Waals surface area contributed by atoms with Crippen LogP contribution in [0.25, 0.3) is 10.9 Å². The number of carbonyl (C=O) groups is 1. The molecule has 0 radical (unpaired) electrons.